The average molecular weight is 178 g/mol. The van der Waals surface area contributed by atoms with Crippen molar-refractivity contribution in [3.05, 3.63) is 0 Å². The minimum atomic E-state index is -4.28. The molecule has 0 spiro atoms. The van der Waals surface area contributed by atoms with E-state index in [0.717, 1.165) is 0 Å². The molecule has 1 aliphatic carbocycles. The van der Waals surface area contributed by atoms with Crippen LogP contribution < -0.4 is 0 Å². The molecule has 6 heteroatoms. The van der Waals surface area contributed by atoms with Gasteiger partial charge in [0.1, 0.15) is 0 Å². The summed E-state index contributed by atoms with van der Waals surface area (Å²) in [6, 6.07) is 0. The first-order valence-corrected chi connectivity index (χ1v) is 4.65. The first-order valence-electron chi connectivity index (χ1n) is 3.07. The molecule has 0 aromatic heterocycles. The van der Waals surface area contributed by atoms with Gasteiger partial charge in [-0.2, -0.15) is 0 Å². The molecular formula is C5H7O5P. The van der Waals surface area contributed by atoms with E-state index in [4.69, 9.17) is 4.89 Å². The lowest BCUT2D eigenvalue weighted by Gasteiger charge is -2.04. The van der Waals surface area contributed by atoms with Crippen molar-refractivity contribution in [2.45, 2.75) is 18.9 Å². The van der Waals surface area contributed by atoms with Crippen LogP contribution in [-0.2, 0) is 18.7 Å². The van der Waals surface area contributed by atoms with Crippen molar-refractivity contribution in [1.82, 2.24) is 0 Å². The fraction of sp³-hybridized carbons (Fsp3) is 0.600. The Labute approximate surface area is 62.9 Å². The van der Waals surface area contributed by atoms with Crippen LogP contribution in [0.5, 0.6) is 0 Å². The monoisotopic (exact) mass is 178 g/mol. The van der Waals surface area contributed by atoms with E-state index in [2.05, 4.69) is 4.52 Å². The van der Waals surface area contributed by atoms with Crippen molar-refractivity contribution in [3.8, 4) is 0 Å². The van der Waals surface area contributed by atoms with Crippen LogP contribution in [0.1, 0.15) is 12.8 Å². The summed E-state index contributed by atoms with van der Waals surface area (Å²) in [5, 5.41) is 0. The first kappa shape index (κ1) is 8.59. The van der Waals surface area contributed by atoms with Gasteiger partial charge in [0.15, 0.2) is 6.29 Å². The number of hydrogen-bond donors (Lipinski definition) is 1. The molecule has 1 rings (SSSR count). The Balaban J connectivity index is 2.56. The van der Waals surface area contributed by atoms with Gasteiger partial charge in [0.2, 0.25) is 0 Å². The van der Waals surface area contributed by atoms with Crippen molar-refractivity contribution in [2.24, 2.45) is 0 Å². The number of carbonyl (C=O) groups excluding carboxylic acids is 2. The van der Waals surface area contributed by atoms with Crippen LogP contribution in [0.25, 0.3) is 0 Å². The van der Waals surface area contributed by atoms with Crippen LogP contribution in [-0.4, -0.2) is 22.8 Å². The summed E-state index contributed by atoms with van der Waals surface area (Å²) in [7, 11) is -4.28. The summed E-state index contributed by atoms with van der Waals surface area (Å²) in [5.41, 5.74) is -1.37. The van der Waals surface area contributed by atoms with Crippen molar-refractivity contribution in [2.75, 3.05) is 0 Å². The van der Waals surface area contributed by atoms with Crippen LogP contribution >= 0.6 is 7.60 Å². The fourth-order valence-corrected chi connectivity index (χ4v) is 1.35. The number of aldehydes is 1. The van der Waals surface area contributed by atoms with E-state index in [0.29, 0.717) is 12.8 Å². The minimum absolute atomic E-state index is 0.191. The predicted molar refractivity (Wildman–Crippen MR) is 35.0 cm³/mol. The molecule has 0 aliphatic heterocycles. The lowest BCUT2D eigenvalue weighted by atomic mass is 10.9. The Morgan fingerprint density at radius 3 is 2.55 bits per heavy atom. The Hall–Kier alpha value is -0.510. The maximum atomic E-state index is 10.7. The van der Waals surface area contributed by atoms with E-state index in [9.17, 15) is 14.2 Å². The average Bonchev–Trinajstić information content (AvgIpc) is 2.69. The molecule has 1 aliphatic rings. The third kappa shape index (κ3) is 2.22. The van der Waals surface area contributed by atoms with Gasteiger partial charge in [-0.1, -0.05) is 0 Å². The van der Waals surface area contributed by atoms with Crippen molar-refractivity contribution < 1.29 is 23.6 Å². The highest BCUT2D eigenvalue weighted by molar-refractivity contribution is 7.73. The molecule has 0 saturated heterocycles. The van der Waals surface area contributed by atoms with E-state index < -0.39 is 13.1 Å². The van der Waals surface area contributed by atoms with Crippen molar-refractivity contribution >= 4 is 19.4 Å². The van der Waals surface area contributed by atoms with Gasteiger partial charge in [0.25, 0.3) is 0 Å². The van der Waals surface area contributed by atoms with Gasteiger partial charge < -0.3 is 4.89 Å². The molecule has 0 heterocycles. The molecular weight excluding hydrogens is 171 g/mol. The second-order valence-corrected chi connectivity index (χ2v) is 3.97. The minimum Gasteiger partial charge on any atom is -0.319 e. The maximum Gasteiger partial charge on any atom is 0.402 e. The molecule has 5 nitrogen and oxygen atoms in total. The Kier molecular flexibility index (Phi) is 2.23. The van der Waals surface area contributed by atoms with E-state index >= 15 is 0 Å². The smallest absolute Gasteiger partial charge is 0.319 e. The lowest BCUT2D eigenvalue weighted by Crippen LogP contribution is -2.04. The van der Waals surface area contributed by atoms with E-state index in [-0.39, 0.29) is 12.4 Å². The molecule has 1 atom stereocenters. The standard InChI is InChI=1S/C5H7O5P/c6-3-5(7)11(8,9)10-4-1-2-4/h3-4H,1-2H2,(H,8,9). The van der Waals surface area contributed by atoms with Crippen LogP contribution in [0.2, 0.25) is 0 Å². The normalized spacial score (nSPS) is 22.3. The Morgan fingerprint density at radius 1 is 1.64 bits per heavy atom. The predicted octanol–water partition coefficient (Wildman–Crippen LogP) is 0.0763. The highest BCUT2D eigenvalue weighted by Crippen LogP contribution is 2.48. The van der Waals surface area contributed by atoms with Gasteiger partial charge in [-0.25, -0.2) is 0 Å². The third-order valence-electron chi connectivity index (χ3n) is 1.20. The van der Waals surface area contributed by atoms with E-state index in [1.165, 1.54) is 0 Å². The molecule has 62 valence electrons. The zero-order valence-electron chi connectivity index (χ0n) is 5.60. The Morgan fingerprint density at radius 2 is 2.18 bits per heavy atom. The molecule has 1 fully saturated rings. The van der Waals surface area contributed by atoms with Crippen LogP contribution in [0.3, 0.4) is 0 Å². The molecule has 0 bridgehead atoms. The highest BCUT2D eigenvalue weighted by atomic mass is 31.2. The topological polar surface area (TPSA) is 80.7 Å². The van der Waals surface area contributed by atoms with Gasteiger partial charge in [0.05, 0.1) is 6.10 Å². The molecule has 11 heavy (non-hydrogen) atoms. The van der Waals surface area contributed by atoms with Gasteiger partial charge in [0, 0.05) is 0 Å². The SMILES string of the molecule is O=CC(=O)P(=O)(O)OC1CC1. The molecule has 0 aromatic rings. The molecule has 0 aromatic carbocycles. The third-order valence-corrected chi connectivity index (χ3v) is 2.44. The zero-order valence-corrected chi connectivity index (χ0v) is 6.49. The van der Waals surface area contributed by atoms with Crippen molar-refractivity contribution in [3.63, 3.8) is 0 Å². The maximum absolute atomic E-state index is 10.7. The summed E-state index contributed by atoms with van der Waals surface area (Å²) in [6.45, 7) is 0. The highest BCUT2D eigenvalue weighted by Gasteiger charge is 2.37. The lowest BCUT2D eigenvalue weighted by molar-refractivity contribution is -0.126. The van der Waals surface area contributed by atoms with Gasteiger partial charge >= 0.3 is 13.1 Å². The zero-order chi connectivity index (χ0) is 8.48. The molecule has 0 radical (unpaired) electrons. The van der Waals surface area contributed by atoms with E-state index in [1.807, 2.05) is 0 Å². The van der Waals surface area contributed by atoms with Crippen LogP contribution in [0, 0.1) is 0 Å². The quantitative estimate of drug-likeness (QED) is 0.374. The number of hydrogen-bond acceptors (Lipinski definition) is 4. The molecule has 0 amide bonds. The molecule has 1 N–H and O–H groups in total. The van der Waals surface area contributed by atoms with Gasteiger partial charge in [-0.15, -0.1) is 0 Å². The number of rotatable bonds is 4. The summed E-state index contributed by atoms with van der Waals surface area (Å²) in [6.07, 6.45) is 0.853. The fourth-order valence-electron chi connectivity index (χ4n) is 0.494. The second-order valence-electron chi connectivity index (χ2n) is 2.28. The molecule has 1 saturated carbocycles. The second kappa shape index (κ2) is 2.85. The first-order chi connectivity index (χ1) is 5.06. The Bertz CT molecular complexity index is 231. The van der Waals surface area contributed by atoms with Crippen LogP contribution in [0.4, 0.5) is 0 Å². The van der Waals surface area contributed by atoms with Crippen LogP contribution in [0.15, 0.2) is 0 Å². The van der Waals surface area contributed by atoms with E-state index in [1.54, 1.807) is 0 Å². The summed E-state index contributed by atoms with van der Waals surface area (Å²) >= 11 is 0. The number of carbonyl (C=O) groups is 2. The summed E-state index contributed by atoms with van der Waals surface area (Å²) in [4.78, 5) is 28.9. The summed E-state index contributed by atoms with van der Waals surface area (Å²) in [5.74, 6) is 0. The summed E-state index contributed by atoms with van der Waals surface area (Å²) < 4.78 is 15.2. The van der Waals surface area contributed by atoms with Gasteiger partial charge in [-0.05, 0) is 12.8 Å². The molecule has 1 unspecified atom stereocenters. The van der Waals surface area contributed by atoms with Gasteiger partial charge in [-0.3, -0.25) is 18.7 Å². The largest absolute Gasteiger partial charge is 0.402 e. The van der Waals surface area contributed by atoms with Crippen molar-refractivity contribution in [1.29, 1.82) is 0 Å².